The van der Waals surface area contributed by atoms with Crippen molar-refractivity contribution in [3.63, 3.8) is 0 Å². The van der Waals surface area contributed by atoms with Gasteiger partial charge in [-0.15, -0.1) is 13.2 Å². The number of methoxy groups -OCH3 is 1. The van der Waals surface area contributed by atoms with Crippen molar-refractivity contribution < 1.29 is 38.0 Å². The molecule has 8 heteroatoms. The molecule has 3 rings (SSSR count). The Morgan fingerprint density at radius 2 is 1.33 bits per heavy atom. The van der Waals surface area contributed by atoms with Gasteiger partial charge in [0.2, 0.25) is 0 Å². The molecule has 0 radical (unpaired) electrons. The Morgan fingerprint density at radius 3 is 1.87 bits per heavy atom. The van der Waals surface area contributed by atoms with Gasteiger partial charge in [-0.1, -0.05) is 72.8 Å². The van der Waals surface area contributed by atoms with Crippen LogP contribution in [0.2, 0.25) is 0 Å². The molecule has 1 aliphatic heterocycles. The Morgan fingerprint density at radius 1 is 0.795 bits per heavy atom. The summed E-state index contributed by atoms with van der Waals surface area (Å²) in [4.78, 5) is 25.0. The summed E-state index contributed by atoms with van der Waals surface area (Å²) in [5.41, 5.74) is 1.89. The van der Waals surface area contributed by atoms with Crippen molar-refractivity contribution in [1.29, 1.82) is 0 Å². The number of benzene rings is 2. The summed E-state index contributed by atoms with van der Waals surface area (Å²) in [6.45, 7) is 7.66. The largest absolute Gasteiger partial charge is 0.463 e. The van der Waals surface area contributed by atoms with Gasteiger partial charge in [0, 0.05) is 20.0 Å². The molecule has 0 amide bonds. The van der Waals surface area contributed by atoms with Crippen LogP contribution in [0.25, 0.3) is 0 Å². The van der Waals surface area contributed by atoms with Crippen LogP contribution in [0.4, 0.5) is 0 Å². The van der Waals surface area contributed by atoms with E-state index in [1.165, 1.54) is 7.11 Å². The molecule has 39 heavy (non-hydrogen) atoms. The summed E-state index contributed by atoms with van der Waals surface area (Å²) in [5.74, 6) is -0.856. The van der Waals surface area contributed by atoms with E-state index in [1.807, 2.05) is 60.7 Å². The molecule has 2 aromatic carbocycles. The van der Waals surface area contributed by atoms with Gasteiger partial charge in [0.25, 0.3) is 0 Å². The Hall–Kier alpha value is -3.30. The summed E-state index contributed by atoms with van der Waals surface area (Å²) >= 11 is 0. The summed E-state index contributed by atoms with van der Waals surface area (Å²) < 4.78 is 35.9. The third kappa shape index (κ3) is 9.75. The lowest BCUT2D eigenvalue weighted by molar-refractivity contribution is -0.316. The molecule has 0 spiro atoms. The Kier molecular flexibility index (Phi) is 12.9. The van der Waals surface area contributed by atoms with Gasteiger partial charge in [0.1, 0.15) is 24.9 Å². The zero-order valence-corrected chi connectivity index (χ0v) is 22.4. The van der Waals surface area contributed by atoms with Gasteiger partial charge in [-0.3, -0.25) is 9.59 Å². The van der Waals surface area contributed by atoms with Crippen LogP contribution in [0.1, 0.15) is 36.8 Å². The lowest BCUT2D eigenvalue weighted by Gasteiger charge is -2.45. The zero-order valence-electron chi connectivity index (χ0n) is 22.4. The fourth-order valence-corrected chi connectivity index (χ4v) is 4.14. The van der Waals surface area contributed by atoms with E-state index in [0.717, 1.165) is 11.1 Å². The summed E-state index contributed by atoms with van der Waals surface area (Å²) in [6, 6.07) is 19.3. The maximum absolute atomic E-state index is 12.8. The van der Waals surface area contributed by atoms with Gasteiger partial charge >= 0.3 is 11.9 Å². The van der Waals surface area contributed by atoms with Crippen LogP contribution in [-0.4, -0.2) is 56.4 Å². The van der Waals surface area contributed by atoms with E-state index in [-0.39, 0.29) is 32.7 Å². The molecule has 0 N–H and O–H groups in total. The standard InChI is InChI=1S/C31H38O8/c1-4-6-18-26(32)35-22-25-28(39-27(33)19-7-5-2)29(36-20-23-14-10-8-11-15-23)30(31(34-3)38-25)37-21-24-16-12-9-13-17-24/h4-5,8-17,25,28-31H,1-2,6-7,18-22H2,3H3/t25-,28-,29+,30-,31+/m1/s1. The van der Waals surface area contributed by atoms with Crippen molar-refractivity contribution in [2.45, 2.75) is 69.6 Å². The molecule has 0 saturated carbocycles. The molecule has 0 unspecified atom stereocenters. The first-order valence-corrected chi connectivity index (χ1v) is 13.1. The van der Waals surface area contributed by atoms with E-state index >= 15 is 0 Å². The monoisotopic (exact) mass is 538 g/mol. The van der Waals surface area contributed by atoms with E-state index in [2.05, 4.69) is 13.2 Å². The number of carbonyl (C=O) groups is 2. The number of allylic oxidation sites excluding steroid dienone is 2. The Bertz CT molecular complexity index is 1030. The van der Waals surface area contributed by atoms with Crippen LogP contribution in [-0.2, 0) is 51.2 Å². The first-order chi connectivity index (χ1) is 19.0. The molecule has 0 aliphatic carbocycles. The average Bonchev–Trinajstić information content (AvgIpc) is 2.97. The van der Waals surface area contributed by atoms with Crippen LogP contribution in [0.5, 0.6) is 0 Å². The van der Waals surface area contributed by atoms with E-state index < -0.39 is 42.6 Å². The summed E-state index contributed by atoms with van der Waals surface area (Å²) in [7, 11) is 1.50. The highest BCUT2D eigenvalue weighted by atomic mass is 16.7. The second-order valence-corrected chi connectivity index (χ2v) is 9.09. The molecular formula is C31H38O8. The summed E-state index contributed by atoms with van der Waals surface area (Å²) in [5, 5.41) is 0. The zero-order chi connectivity index (χ0) is 27.9. The highest BCUT2D eigenvalue weighted by Gasteiger charge is 2.50. The van der Waals surface area contributed by atoms with Crippen molar-refractivity contribution in [2.75, 3.05) is 13.7 Å². The maximum Gasteiger partial charge on any atom is 0.306 e. The number of hydrogen-bond donors (Lipinski definition) is 0. The van der Waals surface area contributed by atoms with Gasteiger partial charge in [-0.2, -0.15) is 0 Å². The van der Waals surface area contributed by atoms with Gasteiger partial charge in [-0.05, 0) is 24.0 Å². The third-order valence-electron chi connectivity index (χ3n) is 6.18. The minimum Gasteiger partial charge on any atom is -0.463 e. The van der Waals surface area contributed by atoms with E-state index in [9.17, 15) is 9.59 Å². The normalized spacial score (nSPS) is 22.5. The van der Waals surface area contributed by atoms with Crippen molar-refractivity contribution in [1.82, 2.24) is 0 Å². The number of hydrogen-bond acceptors (Lipinski definition) is 8. The van der Waals surface area contributed by atoms with Gasteiger partial charge in [0.05, 0.1) is 13.2 Å². The first kappa shape index (κ1) is 30.2. The molecular weight excluding hydrogens is 500 g/mol. The number of carbonyl (C=O) groups excluding carboxylic acids is 2. The highest BCUT2D eigenvalue weighted by Crippen LogP contribution is 2.31. The lowest BCUT2D eigenvalue weighted by Crippen LogP contribution is -2.62. The highest BCUT2D eigenvalue weighted by molar-refractivity contribution is 5.70. The lowest BCUT2D eigenvalue weighted by atomic mass is 9.97. The van der Waals surface area contributed by atoms with E-state index in [4.69, 9.17) is 28.4 Å². The topological polar surface area (TPSA) is 89.5 Å². The molecule has 210 valence electrons. The van der Waals surface area contributed by atoms with Crippen molar-refractivity contribution in [2.24, 2.45) is 0 Å². The Balaban J connectivity index is 1.87. The molecule has 0 bridgehead atoms. The fraction of sp³-hybridized carbons (Fsp3) is 0.419. The molecule has 1 heterocycles. The van der Waals surface area contributed by atoms with Crippen molar-refractivity contribution >= 4 is 11.9 Å². The first-order valence-electron chi connectivity index (χ1n) is 13.1. The van der Waals surface area contributed by atoms with Crippen LogP contribution in [0.3, 0.4) is 0 Å². The second-order valence-electron chi connectivity index (χ2n) is 9.09. The molecule has 8 nitrogen and oxygen atoms in total. The molecule has 0 aromatic heterocycles. The third-order valence-corrected chi connectivity index (χ3v) is 6.18. The SMILES string of the molecule is C=CCCC(=O)OC[C@H]1O[C@H](OC)[C@H](OCc2ccccc2)[C@@H](OCc2ccccc2)[C@@H]1OC(=O)CCC=C. The summed E-state index contributed by atoms with van der Waals surface area (Å²) in [6.07, 6.45) is 0.402. The van der Waals surface area contributed by atoms with Crippen molar-refractivity contribution in [3.05, 3.63) is 97.1 Å². The predicted octanol–water partition coefficient (Wildman–Crippen LogP) is 4.92. The molecule has 1 aliphatic rings. The molecule has 1 fully saturated rings. The average molecular weight is 539 g/mol. The van der Waals surface area contributed by atoms with E-state index in [0.29, 0.717) is 12.8 Å². The van der Waals surface area contributed by atoms with Gasteiger partial charge < -0.3 is 28.4 Å². The second kappa shape index (κ2) is 16.6. The Labute approximate surface area is 230 Å². The van der Waals surface area contributed by atoms with Gasteiger partial charge in [0.15, 0.2) is 12.4 Å². The fourth-order valence-electron chi connectivity index (χ4n) is 4.14. The number of esters is 2. The van der Waals surface area contributed by atoms with Crippen LogP contribution >= 0.6 is 0 Å². The predicted molar refractivity (Wildman–Crippen MR) is 145 cm³/mol. The molecule has 1 saturated heterocycles. The van der Waals surface area contributed by atoms with E-state index in [1.54, 1.807) is 12.2 Å². The maximum atomic E-state index is 12.8. The number of ether oxygens (including phenoxy) is 6. The van der Waals surface area contributed by atoms with Crippen LogP contribution in [0, 0.1) is 0 Å². The quantitative estimate of drug-likeness (QED) is 0.220. The minimum atomic E-state index is -0.926. The minimum absolute atomic E-state index is 0.139. The van der Waals surface area contributed by atoms with Crippen LogP contribution in [0.15, 0.2) is 86.0 Å². The van der Waals surface area contributed by atoms with Crippen LogP contribution < -0.4 is 0 Å². The smallest absolute Gasteiger partial charge is 0.306 e. The van der Waals surface area contributed by atoms with Gasteiger partial charge in [-0.25, -0.2) is 0 Å². The molecule has 5 atom stereocenters. The number of rotatable bonds is 16. The molecule has 2 aromatic rings. The van der Waals surface area contributed by atoms with Crippen molar-refractivity contribution in [3.8, 4) is 0 Å².